The van der Waals surface area contributed by atoms with E-state index in [4.69, 9.17) is 16.3 Å². The Labute approximate surface area is 138 Å². The number of nitrogens with zero attached hydrogens (tertiary/aromatic N) is 2. The smallest absolute Gasteiger partial charge is 0.213 e. The van der Waals surface area contributed by atoms with Crippen molar-refractivity contribution in [2.75, 3.05) is 6.61 Å². The van der Waals surface area contributed by atoms with Gasteiger partial charge >= 0.3 is 0 Å². The summed E-state index contributed by atoms with van der Waals surface area (Å²) in [6.45, 7) is 9.88. The number of hydrogen-bond donors (Lipinski definition) is 0. The first-order valence-electron chi connectivity index (χ1n) is 7.56. The molecule has 118 valence electrons. The Morgan fingerprint density at radius 1 is 1.18 bits per heavy atom. The number of halogens is 1. The summed E-state index contributed by atoms with van der Waals surface area (Å²) in [4.78, 5) is 8.76. The fourth-order valence-electron chi connectivity index (χ4n) is 2.03. The van der Waals surface area contributed by atoms with Crippen LogP contribution < -0.4 is 4.74 Å². The van der Waals surface area contributed by atoms with Crippen LogP contribution in [0.4, 0.5) is 0 Å². The molecule has 1 unspecified atom stereocenters. The van der Waals surface area contributed by atoms with Crippen LogP contribution in [0, 0.1) is 0 Å². The molecular formula is C17H23ClN2OSi. The zero-order valence-corrected chi connectivity index (χ0v) is 15.4. The highest BCUT2D eigenvalue weighted by atomic mass is 35.5. The molecule has 2 aromatic rings. The summed E-state index contributed by atoms with van der Waals surface area (Å²) in [5.74, 6) is 0.856. The molecule has 0 aromatic carbocycles. The van der Waals surface area contributed by atoms with Crippen molar-refractivity contribution in [1.29, 1.82) is 0 Å². The molecule has 3 nitrogen and oxygen atoms in total. The summed E-state index contributed by atoms with van der Waals surface area (Å²) in [5, 5.41) is 0.507. The molecule has 5 heteroatoms. The van der Waals surface area contributed by atoms with Gasteiger partial charge in [0.1, 0.15) is 5.15 Å². The first kappa shape index (κ1) is 17.0. The number of pyridine rings is 2. The van der Waals surface area contributed by atoms with Crippen LogP contribution in [-0.2, 0) is 0 Å². The third-order valence-corrected chi connectivity index (χ3v) is 5.47. The van der Waals surface area contributed by atoms with Crippen LogP contribution in [0.25, 0.3) is 0 Å². The lowest BCUT2D eigenvalue weighted by Crippen LogP contribution is -2.22. The molecule has 0 aliphatic carbocycles. The van der Waals surface area contributed by atoms with Gasteiger partial charge < -0.3 is 4.74 Å². The summed E-state index contributed by atoms with van der Waals surface area (Å²) in [6, 6.07) is 10.9. The first-order valence-corrected chi connectivity index (χ1v) is 11.6. The Hall–Kier alpha value is -1.39. The minimum Gasteiger partial charge on any atom is -0.478 e. The van der Waals surface area contributed by atoms with E-state index in [0.29, 0.717) is 11.0 Å². The number of hydrogen-bond acceptors (Lipinski definition) is 3. The van der Waals surface area contributed by atoms with Crippen molar-refractivity contribution < 1.29 is 4.74 Å². The van der Waals surface area contributed by atoms with Crippen LogP contribution >= 0.6 is 11.6 Å². The Morgan fingerprint density at radius 2 is 1.95 bits per heavy atom. The van der Waals surface area contributed by atoms with Gasteiger partial charge in [-0.25, -0.2) is 9.97 Å². The molecule has 2 rings (SSSR count). The highest BCUT2D eigenvalue weighted by Gasteiger charge is 2.14. The molecule has 0 aliphatic rings. The highest BCUT2D eigenvalue weighted by molar-refractivity contribution is 6.76. The van der Waals surface area contributed by atoms with E-state index in [9.17, 15) is 0 Å². The summed E-state index contributed by atoms with van der Waals surface area (Å²) in [6.07, 6.45) is 1.80. The maximum atomic E-state index is 5.84. The summed E-state index contributed by atoms with van der Waals surface area (Å²) >= 11 is 5.84. The van der Waals surface area contributed by atoms with E-state index in [1.807, 2.05) is 30.3 Å². The maximum absolute atomic E-state index is 5.84. The van der Waals surface area contributed by atoms with Crippen molar-refractivity contribution in [3.63, 3.8) is 0 Å². The number of rotatable bonds is 6. The lowest BCUT2D eigenvalue weighted by molar-refractivity contribution is 0.323. The molecule has 0 N–H and O–H groups in total. The number of ether oxygens (including phenoxy) is 1. The lowest BCUT2D eigenvalue weighted by atomic mass is 9.99. The molecule has 22 heavy (non-hydrogen) atoms. The molecule has 1 atom stereocenters. The fourth-order valence-corrected chi connectivity index (χ4v) is 2.85. The summed E-state index contributed by atoms with van der Waals surface area (Å²) < 4.78 is 5.81. The SMILES string of the molecule is CC(c1ccc(Cl)nc1)c1cccc(OCC[Si](C)(C)C)n1. The molecule has 0 saturated carbocycles. The van der Waals surface area contributed by atoms with Gasteiger partial charge in [-0.1, -0.05) is 50.3 Å². The molecule has 2 aromatic heterocycles. The van der Waals surface area contributed by atoms with Crippen molar-refractivity contribution >= 4 is 19.7 Å². The van der Waals surface area contributed by atoms with Crippen LogP contribution in [0.5, 0.6) is 5.88 Å². The van der Waals surface area contributed by atoms with E-state index in [0.717, 1.165) is 23.9 Å². The predicted molar refractivity (Wildman–Crippen MR) is 94.6 cm³/mol. The monoisotopic (exact) mass is 334 g/mol. The molecular weight excluding hydrogens is 312 g/mol. The first-order chi connectivity index (χ1) is 10.3. The third-order valence-electron chi connectivity index (χ3n) is 3.54. The van der Waals surface area contributed by atoms with Gasteiger partial charge in [0.15, 0.2) is 0 Å². The third kappa shape index (κ3) is 5.11. The van der Waals surface area contributed by atoms with E-state index in [1.165, 1.54) is 0 Å². The largest absolute Gasteiger partial charge is 0.478 e. The predicted octanol–water partition coefficient (Wildman–Crippen LogP) is 5.00. The van der Waals surface area contributed by atoms with E-state index < -0.39 is 8.07 Å². The van der Waals surface area contributed by atoms with Crippen LogP contribution in [0.1, 0.15) is 24.1 Å². The fraction of sp³-hybridized carbons (Fsp3) is 0.412. The maximum Gasteiger partial charge on any atom is 0.213 e. The Kier molecular flexibility index (Phi) is 5.59. The second-order valence-corrected chi connectivity index (χ2v) is 12.7. The molecule has 0 radical (unpaired) electrons. The number of aromatic nitrogens is 2. The second-order valence-electron chi connectivity index (χ2n) is 6.70. The zero-order chi connectivity index (χ0) is 16.2. The molecule has 0 aliphatic heterocycles. The van der Waals surface area contributed by atoms with Crippen molar-refractivity contribution in [2.45, 2.75) is 38.5 Å². The van der Waals surface area contributed by atoms with Gasteiger partial charge in [0.25, 0.3) is 0 Å². The van der Waals surface area contributed by atoms with Crippen molar-refractivity contribution in [2.24, 2.45) is 0 Å². The van der Waals surface area contributed by atoms with Crippen molar-refractivity contribution in [1.82, 2.24) is 9.97 Å². The molecule has 0 bridgehead atoms. The Morgan fingerprint density at radius 3 is 2.59 bits per heavy atom. The van der Waals surface area contributed by atoms with Gasteiger partial charge in [-0.15, -0.1) is 0 Å². The van der Waals surface area contributed by atoms with Crippen LogP contribution in [0.3, 0.4) is 0 Å². The Balaban J connectivity index is 2.05. The standard InChI is InChI=1S/C17H23ClN2OSi/c1-13(14-8-9-16(18)19-12-14)15-6-5-7-17(20-15)21-10-11-22(2,3)4/h5-9,12-13H,10-11H2,1-4H3. The van der Waals surface area contributed by atoms with Gasteiger partial charge in [0.2, 0.25) is 5.88 Å². The molecule has 2 heterocycles. The summed E-state index contributed by atoms with van der Waals surface area (Å²) in [7, 11) is -1.08. The van der Waals surface area contributed by atoms with Crippen molar-refractivity contribution in [3.8, 4) is 5.88 Å². The lowest BCUT2D eigenvalue weighted by Gasteiger charge is -2.16. The van der Waals surface area contributed by atoms with Gasteiger partial charge in [-0.05, 0) is 23.7 Å². The zero-order valence-electron chi connectivity index (χ0n) is 13.6. The van der Waals surface area contributed by atoms with Gasteiger partial charge in [0, 0.05) is 26.3 Å². The van der Waals surface area contributed by atoms with Gasteiger partial charge in [-0.2, -0.15) is 0 Å². The average Bonchev–Trinajstić information content (AvgIpc) is 2.46. The van der Waals surface area contributed by atoms with Gasteiger partial charge in [0.05, 0.1) is 12.3 Å². The molecule has 0 fully saturated rings. The van der Waals surface area contributed by atoms with Crippen LogP contribution in [0.2, 0.25) is 30.8 Å². The molecule has 0 amide bonds. The minimum atomic E-state index is -1.08. The molecule has 0 saturated heterocycles. The van der Waals surface area contributed by atoms with Gasteiger partial charge in [-0.3, -0.25) is 0 Å². The highest BCUT2D eigenvalue weighted by Crippen LogP contribution is 2.24. The molecule has 0 spiro atoms. The van der Waals surface area contributed by atoms with Crippen LogP contribution in [-0.4, -0.2) is 24.6 Å². The van der Waals surface area contributed by atoms with Crippen molar-refractivity contribution in [3.05, 3.63) is 52.9 Å². The quantitative estimate of drug-likeness (QED) is 0.551. The Bertz CT molecular complexity index is 611. The topological polar surface area (TPSA) is 35.0 Å². The second kappa shape index (κ2) is 7.25. The van der Waals surface area contributed by atoms with E-state index in [1.54, 1.807) is 6.20 Å². The van der Waals surface area contributed by atoms with Crippen LogP contribution in [0.15, 0.2) is 36.5 Å². The minimum absolute atomic E-state index is 0.158. The average molecular weight is 335 g/mol. The normalized spacial score (nSPS) is 13.0. The van der Waals surface area contributed by atoms with E-state index in [2.05, 4.69) is 36.5 Å². The summed E-state index contributed by atoms with van der Waals surface area (Å²) in [5.41, 5.74) is 2.07. The van der Waals surface area contributed by atoms with E-state index >= 15 is 0 Å². The van der Waals surface area contributed by atoms with E-state index in [-0.39, 0.29) is 5.92 Å².